The Bertz CT molecular complexity index is 687. The molecule has 1 aromatic carbocycles. The molecule has 0 fully saturated rings. The normalized spacial score (nSPS) is 11.0. The van der Waals surface area contributed by atoms with Crippen LogP contribution in [0.4, 0.5) is 5.69 Å². The molecule has 2 aromatic rings. The van der Waals surface area contributed by atoms with Crippen molar-refractivity contribution in [1.82, 2.24) is 4.98 Å². The van der Waals surface area contributed by atoms with Crippen LogP contribution in [0.2, 0.25) is 5.02 Å². The summed E-state index contributed by atoms with van der Waals surface area (Å²) in [5.74, 6) is 0.00837. The number of nitrogens with zero attached hydrogens (tertiary/aromatic N) is 2. The average molecular weight is 306 g/mol. The Morgan fingerprint density at radius 1 is 1.38 bits per heavy atom. The van der Waals surface area contributed by atoms with Crippen LogP contribution in [0.15, 0.2) is 29.5 Å². The molecule has 21 heavy (non-hydrogen) atoms. The summed E-state index contributed by atoms with van der Waals surface area (Å²) in [6.07, 6.45) is 2.96. The number of rotatable bonds is 4. The van der Waals surface area contributed by atoms with Gasteiger partial charge < -0.3 is 10.2 Å². The summed E-state index contributed by atoms with van der Waals surface area (Å²) in [6, 6.07) is 5.50. The molecule has 0 aliphatic heterocycles. The minimum atomic E-state index is -0.224. The Morgan fingerprint density at radius 3 is 2.81 bits per heavy atom. The number of hydrogen-bond acceptors (Lipinski definition) is 5. The van der Waals surface area contributed by atoms with Crippen LogP contribution in [0.3, 0.4) is 0 Å². The SMILES string of the molecule is Cc1ccc(N/N=C/c2c(CO)cnc(C)c2O)cc1Cl. The van der Waals surface area contributed by atoms with Gasteiger partial charge in [-0.2, -0.15) is 5.10 Å². The van der Waals surface area contributed by atoms with Crippen LogP contribution in [-0.2, 0) is 6.61 Å². The Labute approximate surface area is 127 Å². The van der Waals surface area contributed by atoms with Gasteiger partial charge in [0.25, 0.3) is 0 Å². The third-order valence-corrected chi connectivity index (χ3v) is 3.49. The Hall–Kier alpha value is -2.11. The Balaban J connectivity index is 2.21. The summed E-state index contributed by atoms with van der Waals surface area (Å²) in [7, 11) is 0. The first-order valence-corrected chi connectivity index (χ1v) is 6.74. The van der Waals surface area contributed by atoms with Crippen molar-refractivity contribution in [3.63, 3.8) is 0 Å². The fourth-order valence-electron chi connectivity index (χ4n) is 1.76. The van der Waals surface area contributed by atoms with Crippen molar-refractivity contribution in [2.45, 2.75) is 20.5 Å². The maximum Gasteiger partial charge on any atom is 0.145 e. The lowest BCUT2D eigenvalue weighted by atomic mass is 10.1. The van der Waals surface area contributed by atoms with Crippen molar-refractivity contribution < 1.29 is 10.2 Å². The molecule has 0 unspecified atom stereocenters. The van der Waals surface area contributed by atoms with Gasteiger partial charge in [0.2, 0.25) is 0 Å². The zero-order chi connectivity index (χ0) is 15.4. The Morgan fingerprint density at radius 2 is 2.14 bits per heavy atom. The van der Waals surface area contributed by atoms with Crippen LogP contribution in [0.25, 0.3) is 0 Å². The monoisotopic (exact) mass is 305 g/mol. The smallest absolute Gasteiger partial charge is 0.145 e. The summed E-state index contributed by atoms with van der Waals surface area (Å²) in [5, 5.41) is 23.9. The number of aromatic nitrogens is 1. The number of hydrazone groups is 1. The van der Waals surface area contributed by atoms with Crippen LogP contribution in [0.1, 0.15) is 22.4 Å². The van der Waals surface area contributed by atoms with Gasteiger partial charge in [-0.05, 0) is 31.5 Å². The van der Waals surface area contributed by atoms with Gasteiger partial charge in [-0.1, -0.05) is 17.7 Å². The molecule has 110 valence electrons. The molecule has 2 rings (SSSR count). The molecule has 0 spiro atoms. The van der Waals surface area contributed by atoms with Crippen LogP contribution >= 0.6 is 11.6 Å². The number of benzene rings is 1. The molecule has 0 saturated heterocycles. The number of aliphatic hydroxyl groups is 1. The second-order valence-electron chi connectivity index (χ2n) is 4.62. The van der Waals surface area contributed by atoms with Gasteiger partial charge >= 0.3 is 0 Å². The quantitative estimate of drug-likeness (QED) is 0.599. The number of aryl methyl sites for hydroxylation is 2. The van der Waals surface area contributed by atoms with Crippen LogP contribution in [0.5, 0.6) is 5.75 Å². The molecular formula is C15H16ClN3O2. The number of hydrogen-bond donors (Lipinski definition) is 3. The van der Waals surface area contributed by atoms with Gasteiger partial charge in [0.15, 0.2) is 0 Å². The van der Waals surface area contributed by atoms with Crippen LogP contribution in [-0.4, -0.2) is 21.4 Å². The molecule has 0 bridgehead atoms. The van der Waals surface area contributed by atoms with Gasteiger partial charge in [-0.15, -0.1) is 0 Å². The van der Waals surface area contributed by atoms with E-state index < -0.39 is 0 Å². The lowest BCUT2D eigenvalue weighted by Gasteiger charge is -2.07. The maximum atomic E-state index is 9.97. The molecule has 0 radical (unpaired) electrons. The highest BCUT2D eigenvalue weighted by Gasteiger charge is 2.09. The van der Waals surface area contributed by atoms with Crippen LogP contribution in [0, 0.1) is 13.8 Å². The summed E-state index contributed by atoms with van der Waals surface area (Å²) in [4.78, 5) is 3.99. The van der Waals surface area contributed by atoms with Crippen LogP contribution < -0.4 is 5.43 Å². The summed E-state index contributed by atoms with van der Waals surface area (Å²) >= 11 is 6.03. The minimum absolute atomic E-state index is 0.00837. The van der Waals surface area contributed by atoms with E-state index in [-0.39, 0.29) is 12.4 Å². The van der Waals surface area contributed by atoms with Gasteiger partial charge in [0, 0.05) is 22.3 Å². The lowest BCUT2D eigenvalue weighted by molar-refractivity contribution is 0.280. The van der Waals surface area contributed by atoms with E-state index in [4.69, 9.17) is 11.6 Å². The summed E-state index contributed by atoms with van der Waals surface area (Å²) < 4.78 is 0. The van der Waals surface area contributed by atoms with E-state index >= 15 is 0 Å². The molecule has 0 amide bonds. The first-order chi connectivity index (χ1) is 10.0. The zero-order valence-electron chi connectivity index (χ0n) is 11.8. The number of pyridine rings is 1. The second kappa shape index (κ2) is 6.56. The van der Waals surface area contributed by atoms with E-state index in [0.29, 0.717) is 21.8 Å². The van der Waals surface area contributed by atoms with E-state index in [1.807, 2.05) is 19.1 Å². The zero-order valence-corrected chi connectivity index (χ0v) is 12.5. The van der Waals surface area contributed by atoms with Crippen molar-refractivity contribution in [2.75, 3.05) is 5.43 Å². The lowest BCUT2D eigenvalue weighted by Crippen LogP contribution is -1.99. The number of halogens is 1. The van der Waals surface area contributed by atoms with E-state index in [9.17, 15) is 10.2 Å². The van der Waals surface area contributed by atoms with Gasteiger partial charge in [-0.3, -0.25) is 10.4 Å². The molecular weight excluding hydrogens is 290 g/mol. The minimum Gasteiger partial charge on any atom is -0.505 e. The molecule has 0 atom stereocenters. The van der Waals surface area contributed by atoms with Crippen molar-refractivity contribution in [3.05, 3.63) is 51.8 Å². The van der Waals surface area contributed by atoms with Crippen molar-refractivity contribution >= 4 is 23.5 Å². The third-order valence-electron chi connectivity index (χ3n) is 3.09. The molecule has 1 heterocycles. The highest BCUT2D eigenvalue weighted by Crippen LogP contribution is 2.23. The van der Waals surface area contributed by atoms with E-state index in [2.05, 4.69) is 15.5 Å². The van der Waals surface area contributed by atoms with E-state index in [1.165, 1.54) is 12.4 Å². The third kappa shape index (κ3) is 3.51. The highest BCUT2D eigenvalue weighted by atomic mass is 35.5. The molecule has 0 aliphatic carbocycles. The molecule has 0 aliphatic rings. The average Bonchev–Trinajstić information content (AvgIpc) is 2.47. The predicted molar refractivity (Wildman–Crippen MR) is 84.0 cm³/mol. The number of aromatic hydroxyl groups is 1. The maximum absolute atomic E-state index is 9.97. The van der Waals surface area contributed by atoms with Gasteiger partial charge in [0.05, 0.1) is 24.2 Å². The first kappa shape index (κ1) is 15.3. The number of aliphatic hydroxyl groups excluding tert-OH is 1. The number of anilines is 1. The standard InChI is InChI=1S/C15H16ClN3O2/c1-9-3-4-12(5-14(9)16)19-18-7-13-11(8-20)6-17-10(2)15(13)21/h3-7,19-21H,8H2,1-2H3/b18-7+. The van der Waals surface area contributed by atoms with Gasteiger partial charge in [0.1, 0.15) is 5.75 Å². The molecule has 1 aromatic heterocycles. The van der Waals surface area contributed by atoms with Crippen molar-refractivity contribution in [3.8, 4) is 5.75 Å². The van der Waals surface area contributed by atoms with Gasteiger partial charge in [-0.25, -0.2) is 0 Å². The highest BCUT2D eigenvalue weighted by molar-refractivity contribution is 6.31. The largest absolute Gasteiger partial charge is 0.505 e. The van der Waals surface area contributed by atoms with Crippen molar-refractivity contribution in [2.24, 2.45) is 5.10 Å². The van der Waals surface area contributed by atoms with E-state index in [0.717, 1.165) is 11.3 Å². The fraction of sp³-hybridized carbons (Fsp3) is 0.200. The predicted octanol–water partition coefficient (Wildman–Crippen LogP) is 3.00. The second-order valence-corrected chi connectivity index (χ2v) is 5.03. The number of nitrogens with one attached hydrogen (secondary N) is 1. The fourth-order valence-corrected chi connectivity index (χ4v) is 1.94. The van der Waals surface area contributed by atoms with E-state index in [1.54, 1.807) is 13.0 Å². The molecule has 6 heteroatoms. The summed E-state index contributed by atoms with van der Waals surface area (Å²) in [6.45, 7) is 3.38. The first-order valence-electron chi connectivity index (χ1n) is 6.36. The molecule has 0 saturated carbocycles. The summed E-state index contributed by atoms with van der Waals surface area (Å²) in [5.41, 5.74) is 5.97. The Kier molecular flexibility index (Phi) is 4.77. The molecule has 3 N–H and O–H groups in total. The molecule has 5 nitrogen and oxygen atoms in total. The van der Waals surface area contributed by atoms with Crippen molar-refractivity contribution in [1.29, 1.82) is 0 Å². The topological polar surface area (TPSA) is 77.7 Å².